The molecule has 1 atom stereocenters. The third kappa shape index (κ3) is 2.50. The van der Waals surface area contributed by atoms with Crippen LogP contribution in [-0.2, 0) is 11.3 Å². The number of aryl methyl sites for hydroxylation is 1. The van der Waals surface area contributed by atoms with Gasteiger partial charge in [-0.2, -0.15) is 0 Å². The molecule has 0 aliphatic rings. The summed E-state index contributed by atoms with van der Waals surface area (Å²) >= 11 is 0. The summed E-state index contributed by atoms with van der Waals surface area (Å²) in [5, 5.41) is 20.2. The monoisotopic (exact) mass is 247 g/mol. The summed E-state index contributed by atoms with van der Waals surface area (Å²) in [7, 11) is 0. The quantitative estimate of drug-likeness (QED) is 0.857. The number of carbonyl (C=O) groups is 1. The highest BCUT2D eigenvalue weighted by molar-refractivity contribution is 5.69. The van der Waals surface area contributed by atoms with Gasteiger partial charge >= 0.3 is 5.97 Å². The van der Waals surface area contributed by atoms with E-state index in [1.807, 2.05) is 13.0 Å². The summed E-state index contributed by atoms with van der Waals surface area (Å²) < 4.78 is 1.48. The minimum atomic E-state index is -0.876. The Hall–Kier alpha value is -2.31. The van der Waals surface area contributed by atoms with Crippen LogP contribution >= 0.6 is 0 Å². The van der Waals surface area contributed by atoms with Crippen molar-refractivity contribution in [3.8, 4) is 11.4 Å². The van der Waals surface area contributed by atoms with Crippen LogP contribution in [0, 0.1) is 12.8 Å². The summed E-state index contributed by atoms with van der Waals surface area (Å²) in [6.45, 7) is 3.76. The summed E-state index contributed by atoms with van der Waals surface area (Å²) in [6.07, 6.45) is 3.39. The number of rotatable bonds is 4. The highest BCUT2D eigenvalue weighted by atomic mass is 16.4. The van der Waals surface area contributed by atoms with Gasteiger partial charge in [0.2, 0.25) is 0 Å². The number of carboxylic acids is 1. The van der Waals surface area contributed by atoms with Crippen LogP contribution in [0.3, 0.4) is 0 Å². The summed E-state index contributed by atoms with van der Waals surface area (Å²) in [5.41, 5.74) is 1.77. The fourth-order valence-corrected chi connectivity index (χ4v) is 1.55. The van der Waals surface area contributed by atoms with Crippen molar-refractivity contribution >= 4 is 5.97 Å². The van der Waals surface area contributed by atoms with E-state index in [1.165, 1.54) is 4.68 Å². The van der Waals surface area contributed by atoms with Crippen molar-refractivity contribution in [3.63, 3.8) is 0 Å². The molecule has 2 rings (SSSR count). The number of pyridine rings is 1. The number of nitrogens with zero attached hydrogens (tertiary/aromatic N) is 5. The average molecular weight is 247 g/mol. The zero-order chi connectivity index (χ0) is 13.1. The van der Waals surface area contributed by atoms with Gasteiger partial charge in [0.15, 0.2) is 5.82 Å². The maximum atomic E-state index is 10.8. The maximum absolute atomic E-state index is 10.8. The van der Waals surface area contributed by atoms with Gasteiger partial charge < -0.3 is 5.11 Å². The second-order valence-corrected chi connectivity index (χ2v) is 4.17. The van der Waals surface area contributed by atoms with E-state index in [0.717, 1.165) is 11.1 Å². The number of hydrogen-bond donors (Lipinski definition) is 1. The first-order valence-corrected chi connectivity index (χ1v) is 5.49. The maximum Gasteiger partial charge on any atom is 0.308 e. The number of hydrogen-bond acceptors (Lipinski definition) is 5. The first-order valence-electron chi connectivity index (χ1n) is 5.49. The number of aromatic nitrogens is 5. The predicted molar refractivity (Wildman–Crippen MR) is 62.6 cm³/mol. The molecule has 0 aliphatic carbocycles. The molecule has 7 nitrogen and oxygen atoms in total. The fourth-order valence-electron chi connectivity index (χ4n) is 1.55. The van der Waals surface area contributed by atoms with Crippen LogP contribution in [-0.4, -0.2) is 36.3 Å². The Morgan fingerprint density at radius 3 is 2.94 bits per heavy atom. The Labute approximate surface area is 103 Å². The topological polar surface area (TPSA) is 93.8 Å². The molecule has 2 heterocycles. The fraction of sp³-hybridized carbons (Fsp3) is 0.364. The molecule has 18 heavy (non-hydrogen) atoms. The summed E-state index contributed by atoms with van der Waals surface area (Å²) in [5.74, 6) is -0.900. The van der Waals surface area contributed by atoms with Crippen LogP contribution in [0.15, 0.2) is 18.5 Å². The summed E-state index contributed by atoms with van der Waals surface area (Å²) in [6, 6.07) is 1.90. The van der Waals surface area contributed by atoms with Crippen molar-refractivity contribution < 1.29 is 9.90 Å². The van der Waals surface area contributed by atoms with Crippen molar-refractivity contribution in [3.05, 3.63) is 24.0 Å². The minimum Gasteiger partial charge on any atom is -0.481 e. The second kappa shape index (κ2) is 4.91. The van der Waals surface area contributed by atoms with Gasteiger partial charge in [0.1, 0.15) is 0 Å². The third-order valence-electron chi connectivity index (χ3n) is 2.53. The normalized spacial score (nSPS) is 12.3. The molecule has 2 aromatic heterocycles. The molecule has 94 valence electrons. The van der Waals surface area contributed by atoms with E-state index in [4.69, 9.17) is 5.11 Å². The Morgan fingerprint density at radius 1 is 1.50 bits per heavy atom. The smallest absolute Gasteiger partial charge is 0.308 e. The van der Waals surface area contributed by atoms with Crippen molar-refractivity contribution in [1.82, 2.24) is 25.2 Å². The van der Waals surface area contributed by atoms with E-state index in [0.29, 0.717) is 5.82 Å². The van der Waals surface area contributed by atoms with Gasteiger partial charge in [0, 0.05) is 18.0 Å². The van der Waals surface area contributed by atoms with Crippen LogP contribution in [0.5, 0.6) is 0 Å². The molecule has 0 bridgehead atoms. The summed E-state index contributed by atoms with van der Waals surface area (Å²) in [4.78, 5) is 14.9. The number of tetrazole rings is 1. The number of aliphatic carboxylic acids is 1. The van der Waals surface area contributed by atoms with Crippen molar-refractivity contribution in [2.24, 2.45) is 5.92 Å². The van der Waals surface area contributed by atoms with Crippen molar-refractivity contribution in [2.45, 2.75) is 20.4 Å². The lowest BCUT2D eigenvalue weighted by Gasteiger charge is -2.07. The molecule has 7 heteroatoms. The molecule has 0 radical (unpaired) electrons. The Balaban J connectivity index is 2.30. The Kier molecular flexibility index (Phi) is 3.31. The molecule has 0 saturated heterocycles. The van der Waals surface area contributed by atoms with Crippen LogP contribution < -0.4 is 0 Å². The highest BCUT2D eigenvalue weighted by Crippen LogP contribution is 2.16. The molecule has 0 aliphatic heterocycles. The lowest BCUT2D eigenvalue weighted by molar-refractivity contribution is -0.141. The van der Waals surface area contributed by atoms with Gasteiger partial charge in [-0.25, -0.2) is 4.68 Å². The zero-order valence-electron chi connectivity index (χ0n) is 10.1. The van der Waals surface area contributed by atoms with Gasteiger partial charge in [-0.3, -0.25) is 9.78 Å². The molecule has 1 N–H and O–H groups in total. The largest absolute Gasteiger partial charge is 0.481 e. The standard InChI is InChI=1S/C11H13N5O2/c1-7-3-9(5-12-4-7)10-13-14-15-16(10)6-8(2)11(17)18/h3-5,8H,6H2,1-2H3,(H,17,18). The Bertz CT molecular complexity index is 566. The van der Waals surface area contributed by atoms with Crippen LogP contribution in [0.4, 0.5) is 0 Å². The lowest BCUT2D eigenvalue weighted by Crippen LogP contribution is -2.18. The number of carboxylic acid groups (broad SMARTS) is 1. The van der Waals surface area contributed by atoms with Crippen LogP contribution in [0.1, 0.15) is 12.5 Å². The minimum absolute atomic E-state index is 0.228. The molecule has 0 saturated carbocycles. The lowest BCUT2D eigenvalue weighted by atomic mass is 10.2. The molecule has 0 amide bonds. The van der Waals surface area contributed by atoms with E-state index < -0.39 is 11.9 Å². The average Bonchev–Trinajstić information content (AvgIpc) is 2.77. The second-order valence-electron chi connectivity index (χ2n) is 4.17. The van der Waals surface area contributed by atoms with Gasteiger partial charge in [0.25, 0.3) is 0 Å². The van der Waals surface area contributed by atoms with E-state index in [2.05, 4.69) is 20.5 Å². The third-order valence-corrected chi connectivity index (χ3v) is 2.53. The molecule has 0 fully saturated rings. The molecular weight excluding hydrogens is 234 g/mol. The predicted octanol–water partition coefficient (Wildman–Crippen LogP) is 0.764. The first-order chi connectivity index (χ1) is 8.58. The van der Waals surface area contributed by atoms with E-state index in [1.54, 1.807) is 19.3 Å². The van der Waals surface area contributed by atoms with Gasteiger partial charge in [-0.1, -0.05) is 6.92 Å². The molecular formula is C11H13N5O2. The zero-order valence-corrected chi connectivity index (χ0v) is 10.1. The van der Waals surface area contributed by atoms with E-state index in [9.17, 15) is 4.79 Å². The van der Waals surface area contributed by atoms with Gasteiger partial charge in [0.05, 0.1) is 12.5 Å². The Morgan fingerprint density at radius 2 is 2.28 bits per heavy atom. The van der Waals surface area contributed by atoms with Crippen LogP contribution in [0.25, 0.3) is 11.4 Å². The van der Waals surface area contributed by atoms with E-state index in [-0.39, 0.29) is 6.54 Å². The van der Waals surface area contributed by atoms with Crippen molar-refractivity contribution in [2.75, 3.05) is 0 Å². The van der Waals surface area contributed by atoms with Crippen molar-refractivity contribution in [1.29, 1.82) is 0 Å². The molecule has 2 aromatic rings. The molecule has 0 aromatic carbocycles. The van der Waals surface area contributed by atoms with Crippen LogP contribution in [0.2, 0.25) is 0 Å². The van der Waals surface area contributed by atoms with Gasteiger partial charge in [-0.15, -0.1) is 5.10 Å². The molecule has 0 spiro atoms. The van der Waals surface area contributed by atoms with E-state index >= 15 is 0 Å². The first kappa shape index (κ1) is 12.2. The van der Waals surface area contributed by atoms with Gasteiger partial charge in [-0.05, 0) is 29.0 Å². The highest BCUT2D eigenvalue weighted by Gasteiger charge is 2.16. The SMILES string of the molecule is Cc1cncc(-c2nnnn2CC(C)C(=O)O)c1. The molecule has 1 unspecified atom stereocenters.